The summed E-state index contributed by atoms with van der Waals surface area (Å²) >= 11 is 4.11. The molecule has 0 spiro atoms. The molecule has 2 aromatic rings. The molecule has 0 radical (unpaired) electrons. The highest BCUT2D eigenvalue weighted by atomic mass is 32.1. The second kappa shape index (κ2) is 2.80. The summed E-state index contributed by atoms with van der Waals surface area (Å²) in [6.07, 6.45) is 1.42. The number of rotatable bonds is 1. The molecule has 3 nitrogen and oxygen atoms in total. The van der Waals surface area contributed by atoms with E-state index in [1.54, 1.807) is 0 Å². The first kappa shape index (κ1) is 7.64. The number of hydrogen-bond acceptors (Lipinski definition) is 4. The molecule has 1 atom stereocenters. The highest BCUT2D eigenvalue weighted by Crippen LogP contribution is 2.19. The van der Waals surface area contributed by atoms with Gasteiger partial charge in [0.1, 0.15) is 5.52 Å². The average molecular weight is 180 g/mol. The monoisotopic (exact) mass is 180 g/mol. The van der Waals surface area contributed by atoms with E-state index in [9.17, 15) is 0 Å². The number of nitrogens with two attached hydrogens (primary N) is 1. The Morgan fingerprint density at radius 1 is 1.50 bits per heavy atom. The summed E-state index contributed by atoms with van der Waals surface area (Å²) in [6.45, 7) is 0. The molecule has 2 N–H and O–H groups in total. The quantitative estimate of drug-likeness (QED) is 0.519. The molecule has 12 heavy (non-hydrogen) atoms. The molecule has 2 rings (SSSR count). The zero-order valence-electron chi connectivity index (χ0n) is 6.27. The molecular weight excluding hydrogens is 172 g/mol. The Morgan fingerprint density at radius 2 is 2.33 bits per heavy atom. The Balaban J connectivity index is 2.60. The summed E-state index contributed by atoms with van der Waals surface area (Å²) in [5.74, 6) is 0. The lowest BCUT2D eigenvalue weighted by molar-refractivity contribution is 0.601. The number of fused-ring (bicyclic) bond motifs is 1. The summed E-state index contributed by atoms with van der Waals surface area (Å²) < 4.78 is 5.11. The standard InChI is InChI=1S/C8H8N2OS/c9-8(12)5-1-2-6-7(3-5)11-4-10-6/h1-4,8,12H,9H2. The van der Waals surface area contributed by atoms with Crippen molar-refractivity contribution in [3.8, 4) is 0 Å². The van der Waals surface area contributed by atoms with E-state index >= 15 is 0 Å². The molecule has 0 aliphatic carbocycles. The zero-order chi connectivity index (χ0) is 8.55. The lowest BCUT2D eigenvalue weighted by Crippen LogP contribution is -2.01. The van der Waals surface area contributed by atoms with Gasteiger partial charge >= 0.3 is 0 Å². The Kier molecular flexibility index (Phi) is 1.78. The molecule has 0 saturated heterocycles. The molecule has 0 bridgehead atoms. The molecule has 1 aromatic carbocycles. The Hall–Kier alpha value is -1.00. The van der Waals surface area contributed by atoms with Crippen LogP contribution in [-0.4, -0.2) is 4.98 Å². The van der Waals surface area contributed by atoms with Crippen molar-refractivity contribution >= 4 is 23.7 Å². The van der Waals surface area contributed by atoms with Crippen LogP contribution in [-0.2, 0) is 0 Å². The number of oxazole rings is 1. The topological polar surface area (TPSA) is 52.0 Å². The van der Waals surface area contributed by atoms with Crippen LogP contribution < -0.4 is 5.73 Å². The van der Waals surface area contributed by atoms with E-state index < -0.39 is 0 Å². The minimum atomic E-state index is -0.264. The van der Waals surface area contributed by atoms with E-state index in [2.05, 4.69) is 17.6 Å². The van der Waals surface area contributed by atoms with Crippen LogP contribution >= 0.6 is 12.6 Å². The molecule has 62 valence electrons. The summed E-state index contributed by atoms with van der Waals surface area (Å²) in [5.41, 5.74) is 8.10. The fourth-order valence-electron chi connectivity index (χ4n) is 1.06. The number of nitrogens with zero attached hydrogens (tertiary/aromatic N) is 1. The third kappa shape index (κ3) is 1.19. The van der Waals surface area contributed by atoms with E-state index in [4.69, 9.17) is 10.2 Å². The van der Waals surface area contributed by atoms with Gasteiger partial charge in [-0.2, -0.15) is 12.6 Å². The summed E-state index contributed by atoms with van der Waals surface area (Å²) in [5, 5.41) is -0.264. The molecule has 0 amide bonds. The largest absolute Gasteiger partial charge is 0.443 e. The maximum atomic E-state index is 5.58. The maximum Gasteiger partial charge on any atom is 0.181 e. The number of hydrogen-bond donors (Lipinski definition) is 2. The SMILES string of the molecule is NC(S)c1ccc2ncoc2c1. The van der Waals surface area contributed by atoms with Crippen LogP contribution in [0.25, 0.3) is 11.1 Å². The smallest absolute Gasteiger partial charge is 0.181 e. The zero-order valence-corrected chi connectivity index (χ0v) is 7.16. The van der Waals surface area contributed by atoms with Gasteiger partial charge in [0.25, 0.3) is 0 Å². The number of benzene rings is 1. The van der Waals surface area contributed by atoms with Gasteiger partial charge in [0.05, 0.1) is 5.37 Å². The van der Waals surface area contributed by atoms with Gasteiger partial charge in [-0.3, -0.25) is 0 Å². The molecule has 0 saturated carbocycles. The van der Waals surface area contributed by atoms with E-state index in [1.807, 2.05) is 18.2 Å². The van der Waals surface area contributed by atoms with Crippen LogP contribution in [0.15, 0.2) is 29.0 Å². The van der Waals surface area contributed by atoms with Gasteiger partial charge in [-0.1, -0.05) is 6.07 Å². The third-order valence-electron chi connectivity index (χ3n) is 1.70. The van der Waals surface area contributed by atoms with Crippen LogP contribution in [0.1, 0.15) is 10.9 Å². The molecule has 0 aliphatic rings. The maximum absolute atomic E-state index is 5.58. The van der Waals surface area contributed by atoms with Gasteiger partial charge in [-0.05, 0) is 17.7 Å². The second-order valence-electron chi connectivity index (χ2n) is 2.52. The molecule has 0 fully saturated rings. The van der Waals surface area contributed by atoms with Crippen molar-refractivity contribution in [1.82, 2.24) is 4.98 Å². The van der Waals surface area contributed by atoms with Crippen molar-refractivity contribution in [2.75, 3.05) is 0 Å². The predicted molar refractivity (Wildman–Crippen MR) is 49.9 cm³/mol. The highest BCUT2D eigenvalue weighted by molar-refractivity contribution is 7.80. The van der Waals surface area contributed by atoms with E-state index in [0.29, 0.717) is 0 Å². The minimum absolute atomic E-state index is 0.264. The van der Waals surface area contributed by atoms with Crippen molar-refractivity contribution in [1.29, 1.82) is 0 Å². The number of thiol groups is 1. The summed E-state index contributed by atoms with van der Waals surface area (Å²) in [4.78, 5) is 3.99. The Labute approximate surface area is 75.0 Å². The summed E-state index contributed by atoms with van der Waals surface area (Å²) in [6, 6.07) is 5.60. The third-order valence-corrected chi connectivity index (χ3v) is 1.99. The second-order valence-corrected chi connectivity index (χ2v) is 3.08. The van der Waals surface area contributed by atoms with Crippen LogP contribution in [0, 0.1) is 0 Å². The Morgan fingerprint density at radius 3 is 3.08 bits per heavy atom. The number of aromatic nitrogens is 1. The fraction of sp³-hybridized carbons (Fsp3) is 0.125. The first-order chi connectivity index (χ1) is 5.77. The van der Waals surface area contributed by atoms with E-state index in [0.717, 1.165) is 16.7 Å². The molecule has 4 heteroatoms. The van der Waals surface area contributed by atoms with Gasteiger partial charge in [-0.25, -0.2) is 4.98 Å². The van der Waals surface area contributed by atoms with Crippen molar-refractivity contribution in [2.24, 2.45) is 5.73 Å². The molecule has 1 aromatic heterocycles. The molecule has 0 aliphatic heterocycles. The van der Waals surface area contributed by atoms with Crippen molar-refractivity contribution in [3.05, 3.63) is 30.2 Å². The van der Waals surface area contributed by atoms with E-state index in [-0.39, 0.29) is 5.37 Å². The average Bonchev–Trinajstić information content (AvgIpc) is 2.49. The van der Waals surface area contributed by atoms with Gasteiger partial charge in [0.2, 0.25) is 0 Å². The van der Waals surface area contributed by atoms with E-state index in [1.165, 1.54) is 6.39 Å². The Bertz CT molecular complexity index is 397. The first-order valence-corrected chi connectivity index (χ1v) is 4.06. The highest BCUT2D eigenvalue weighted by Gasteiger charge is 2.03. The molecule has 1 unspecified atom stereocenters. The van der Waals surface area contributed by atoms with Crippen LogP contribution in [0.5, 0.6) is 0 Å². The molecular formula is C8H8N2OS. The van der Waals surface area contributed by atoms with Crippen molar-refractivity contribution in [3.63, 3.8) is 0 Å². The normalized spacial score (nSPS) is 13.5. The van der Waals surface area contributed by atoms with Crippen molar-refractivity contribution < 1.29 is 4.42 Å². The van der Waals surface area contributed by atoms with Gasteiger partial charge in [-0.15, -0.1) is 0 Å². The minimum Gasteiger partial charge on any atom is -0.443 e. The van der Waals surface area contributed by atoms with Gasteiger partial charge < -0.3 is 10.2 Å². The van der Waals surface area contributed by atoms with Crippen molar-refractivity contribution in [2.45, 2.75) is 5.37 Å². The van der Waals surface area contributed by atoms with Crippen LogP contribution in [0.3, 0.4) is 0 Å². The van der Waals surface area contributed by atoms with Gasteiger partial charge in [0, 0.05) is 0 Å². The van der Waals surface area contributed by atoms with Crippen LogP contribution in [0.4, 0.5) is 0 Å². The lowest BCUT2D eigenvalue weighted by atomic mass is 10.2. The lowest BCUT2D eigenvalue weighted by Gasteiger charge is -2.02. The summed E-state index contributed by atoms with van der Waals surface area (Å²) in [7, 11) is 0. The van der Waals surface area contributed by atoms with Crippen LogP contribution in [0.2, 0.25) is 0 Å². The fourth-order valence-corrected chi connectivity index (χ4v) is 1.22. The predicted octanol–water partition coefficient (Wildman–Crippen LogP) is 1.71. The molecule has 1 heterocycles. The first-order valence-electron chi connectivity index (χ1n) is 3.54. The van der Waals surface area contributed by atoms with Gasteiger partial charge in [0.15, 0.2) is 12.0 Å².